The molecule has 0 aliphatic carbocycles. The second kappa shape index (κ2) is 7.47. The van der Waals surface area contributed by atoms with E-state index in [0.29, 0.717) is 6.54 Å². The normalized spacial score (nSPS) is 12.9. The minimum Gasteiger partial charge on any atom is -0.464 e. The fourth-order valence-electron chi connectivity index (χ4n) is 1.65. The van der Waals surface area contributed by atoms with Gasteiger partial charge in [-0.3, -0.25) is 0 Å². The van der Waals surface area contributed by atoms with Crippen molar-refractivity contribution in [2.75, 3.05) is 13.2 Å². The maximum absolute atomic E-state index is 5.72. The Morgan fingerprint density at radius 2 is 2.12 bits per heavy atom. The zero-order chi connectivity index (χ0) is 11.8. The molecule has 0 bridgehead atoms. The molecule has 1 aromatic rings. The SMILES string of the molecule is CCCCCCOC(CN)c1ccc(C)o1. The first-order chi connectivity index (χ1) is 7.77. The Morgan fingerprint density at radius 3 is 2.69 bits per heavy atom. The second-order valence-corrected chi connectivity index (χ2v) is 4.10. The van der Waals surface area contributed by atoms with E-state index in [0.717, 1.165) is 24.5 Å². The zero-order valence-electron chi connectivity index (χ0n) is 10.4. The van der Waals surface area contributed by atoms with Gasteiger partial charge in [-0.1, -0.05) is 26.2 Å². The summed E-state index contributed by atoms with van der Waals surface area (Å²) in [6.07, 6.45) is 4.76. The van der Waals surface area contributed by atoms with E-state index in [1.54, 1.807) is 0 Å². The molecule has 0 aliphatic rings. The summed E-state index contributed by atoms with van der Waals surface area (Å²) in [5.74, 6) is 1.75. The molecule has 0 aromatic carbocycles. The topological polar surface area (TPSA) is 48.4 Å². The monoisotopic (exact) mass is 225 g/mol. The van der Waals surface area contributed by atoms with Gasteiger partial charge in [0.25, 0.3) is 0 Å². The van der Waals surface area contributed by atoms with E-state index in [-0.39, 0.29) is 6.10 Å². The lowest BCUT2D eigenvalue weighted by Gasteiger charge is -2.13. The fraction of sp³-hybridized carbons (Fsp3) is 0.692. The van der Waals surface area contributed by atoms with Gasteiger partial charge < -0.3 is 14.9 Å². The number of nitrogens with two attached hydrogens (primary N) is 1. The summed E-state index contributed by atoms with van der Waals surface area (Å²) >= 11 is 0. The Balaban J connectivity index is 2.27. The molecule has 1 atom stereocenters. The van der Waals surface area contributed by atoms with Crippen molar-refractivity contribution in [3.63, 3.8) is 0 Å². The highest BCUT2D eigenvalue weighted by Crippen LogP contribution is 2.19. The van der Waals surface area contributed by atoms with Crippen LogP contribution in [0.4, 0.5) is 0 Å². The van der Waals surface area contributed by atoms with Crippen LogP contribution in [0.2, 0.25) is 0 Å². The van der Waals surface area contributed by atoms with E-state index in [4.69, 9.17) is 14.9 Å². The van der Waals surface area contributed by atoms with Crippen molar-refractivity contribution in [3.05, 3.63) is 23.7 Å². The third-order valence-corrected chi connectivity index (χ3v) is 2.61. The Labute approximate surface area is 98.0 Å². The van der Waals surface area contributed by atoms with Crippen molar-refractivity contribution in [2.24, 2.45) is 5.73 Å². The molecule has 0 radical (unpaired) electrons. The predicted molar refractivity (Wildman–Crippen MR) is 65.3 cm³/mol. The molecule has 0 amide bonds. The molecule has 1 heterocycles. The largest absolute Gasteiger partial charge is 0.464 e. The quantitative estimate of drug-likeness (QED) is 0.691. The molecule has 3 heteroatoms. The Bertz CT molecular complexity index is 283. The van der Waals surface area contributed by atoms with E-state index >= 15 is 0 Å². The molecule has 2 N–H and O–H groups in total. The van der Waals surface area contributed by atoms with Gasteiger partial charge in [0.15, 0.2) is 0 Å². The van der Waals surface area contributed by atoms with Gasteiger partial charge in [-0.05, 0) is 25.5 Å². The number of hydrogen-bond donors (Lipinski definition) is 1. The van der Waals surface area contributed by atoms with Crippen LogP contribution in [0.25, 0.3) is 0 Å². The highest BCUT2D eigenvalue weighted by Gasteiger charge is 2.13. The molecular weight excluding hydrogens is 202 g/mol. The zero-order valence-corrected chi connectivity index (χ0v) is 10.4. The Hall–Kier alpha value is -0.800. The van der Waals surface area contributed by atoms with E-state index in [1.165, 1.54) is 19.3 Å². The van der Waals surface area contributed by atoms with E-state index in [9.17, 15) is 0 Å². The molecule has 92 valence electrons. The smallest absolute Gasteiger partial charge is 0.134 e. The lowest BCUT2D eigenvalue weighted by atomic mass is 10.2. The summed E-state index contributed by atoms with van der Waals surface area (Å²) < 4.78 is 11.2. The summed E-state index contributed by atoms with van der Waals surface area (Å²) in [4.78, 5) is 0. The number of ether oxygens (including phenoxy) is 1. The minimum absolute atomic E-state index is 0.0877. The van der Waals surface area contributed by atoms with E-state index in [2.05, 4.69) is 6.92 Å². The molecule has 16 heavy (non-hydrogen) atoms. The summed E-state index contributed by atoms with van der Waals surface area (Å²) in [7, 11) is 0. The van der Waals surface area contributed by atoms with Crippen LogP contribution in [0.15, 0.2) is 16.5 Å². The van der Waals surface area contributed by atoms with Crippen molar-refractivity contribution < 1.29 is 9.15 Å². The number of rotatable bonds is 8. The summed E-state index contributed by atoms with van der Waals surface area (Å²) in [5, 5.41) is 0. The number of furan rings is 1. The molecule has 1 unspecified atom stereocenters. The lowest BCUT2D eigenvalue weighted by molar-refractivity contribution is 0.0407. The van der Waals surface area contributed by atoms with Gasteiger partial charge in [0, 0.05) is 13.2 Å². The van der Waals surface area contributed by atoms with Gasteiger partial charge >= 0.3 is 0 Å². The van der Waals surface area contributed by atoms with Crippen molar-refractivity contribution in [1.29, 1.82) is 0 Å². The third kappa shape index (κ3) is 4.37. The molecule has 0 saturated carbocycles. The van der Waals surface area contributed by atoms with E-state index in [1.807, 2.05) is 19.1 Å². The molecule has 0 saturated heterocycles. The molecule has 0 fully saturated rings. The van der Waals surface area contributed by atoms with Crippen LogP contribution in [0.1, 0.15) is 50.2 Å². The van der Waals surface area contributed by atoms with Crippen molar-refractivity contribution in [3.8, 4) is 0 Å². The fourth-order valence-corrected chi connectivity index (χ4v) is 1.65. The number of unbranched alkanes of at least 4 members (excludes halogenated alkanes) is 3. The van der Waals surface area contributed by atoms with Gasteiger partial charge in [-0.15, -0.1) is 0 Å². The first-order valence-electron chi connectivity index (χ1n) is 6.16. The molecule has 3 nitrogen and oxygen atoms in total. The predicted octanol–water partition coefficient (Wildman–Crippen LogP) is 3.18. The Kier molecular flexibility index (Phi) is 6.19. The molecule has 1 aromatic heterocycles. The number of aryl methyl sites for hydroxylation is 1. The summed E-state index contributed by atoms with van der Waals surface area (Å²) in [5.41, 5.74) is 5.67. The maximum Gasteiger partial charge on any atom is 0.134 e. The van der Waals surface area contributed by atoms with Crippen molar-refractivity contribution in [2.45, 2.75) is 45.6 Å². The first-order valence-corrected chi connectivity index (χ1v) is 6.16. The van der Waals surface area contributed by atoms with E-state index < -0.39 is 0 Å². The van der Waals surface area contributed by atoms with Gasteiger partial charge in [0.2, 0.25) is 0 Å². The highest BCUT2D eigenvalue weighted by molar-refractivity contribution is 5.08. The average Bonchev–Trinajstić information content (AvgIpc) is 2.70. The van der Waals surface area contributed by atoms with Gasteiger partial charge in [-0.25, -0.2) is 0 Å². The van der Waals surface area contributed by atoms with Crippen molar-refractivity contribution >= 4 is 0 Å². The lowest BCUT2D eigenvalue weighted by Crippen LogP contribution is -2.15. The standard InChI is InChI=1S/C13H23NO2/c1-3-4-5-6-9-15-13(10-14)12-8-7-11(2)16-12/h7-8,13H,3-6,9-10,14H2,1-2H3. The molecular formula is C13H23NO2. The van der Waals surface area contributed by atoms with Gasteiger partial charge in [0.1, 0.15) is 17.6 Å². The van der Waals surface area contributed by atoms with Crippen LogP contribution in [0, 0.1) is 6.92 Å². The van der Waals surface area contributed by atoms with Crippen LogP contribution in [0.3, 0.4) is 0 Å². The molecule has 1 rings (SSSR count). The van der Waals surface area contributed by atoms with Gasteiger partial charge in [0.05, 0.1) is 0 Å². The molecule has 0 spiro atoms. The first kappa shape index (κ1) is 13.3. The molecule has 0 aliphatic heterocycles. The van der Waals surface area contributed by atoms with Crippen molar-refractivity contribution in [1.82, 2.24) is 0 Å². The Morgan fingerprint density at radius 1 is 1.31 bits per heavy atom. The highest BCUT2D eigenvalue weighted by atomic mass is 16.5. The summed E-state index contributed by atoms with van der Waals surface area (Å²) in [6.45, 7) is 5.37. The average molecular weight is 225 g/mol. The summed E-state index contributed by atoms with van der Waals surface area (Å²) in [6, 6.07) is 3.89. The van der Waals surface area contributed by atoms with Crippen LogP contribution in [-0.2, 0) is 4.74 Å². The number of hydrogen-bond acceptors (Lipinski definition) is 3. The second-order valence-electron chi connectivity index (χ2n) is 4.10. The maximum atomic E-state index is 5.72. The third-order valence-electron chi connectivity index (χ3n) is 2.61. The van der Waals surface area contributed by atoms with Crippen LogP contribution >= 0.6 is 0 Å². The van der Waals surface area contributed by atoms with Crippen LogP contribution in [-0.4, -0.2) is 13.2 Å². The van der Waals surface area contributed by atoms with Crippen LogP contribution in [0.5, 0.6) is 0 Å². The van der Waals surface area contributed by atoms with Gasteiger partial charge in [-0.2, -0.15) is 0 Å². The minimum atomic E-state index is -0.0877. The van der Waals surface area contributed by atoms with Crippen LogP contribution < -0.4 is 5.73 Å².